The Labute approximate surface area is 161 Å². The highest BCUT2D eigenvalue weighted by atomic mass is 32.2. The van der Waals surface area contributed by atoms with Gasteiger partial charge in [0.25, 0.3) is 5.91 Å². The molecule has 9 nitrogen and oxygen atoms in total. The molecule has 0 atom stereocenters. The molecule has 1 aromatic heterocycles. The molecular weight excluding hydrogens is 393 g/mol. The fourth-order valence-electron chi connectivity index (χ4n) is 2.29. The Bertz CT molecular complexity index is 921. The second kappa shape index (κ2) is 9.42. The Morgan fingerprint density at radius 1 is 1.21 bits per heavy atom. The molecule has 0 aliphatic rings. The average molecular weight is 413 g/mol. The molecule has 0 saturated carbocycles. The third-order valence-electron chi connectivity index (χ3n) is 3.62. The van der Waals surface area contributed by atoms with Gasteiger partial charge in [-0.15, -0.1) is 0 Å². The van der Waals surface area contributed by atoms with E-state index in [0.29, 0.717) is 5.56 Å². The summed E-state index contributed by atoms with van der Waals surface area (Å²) >= 11 is 0. The molecule has 0 aliphatic carbocycles. The van der Waals surface area contributed by atoms with Gasteiger partial charge in [0.15, 0.2) is 12.4 Å². The second-order valence-electron chi connectivity index (χ2n) is 5.86. The predicted molar refractivity (Wildman–Crippen MR) is 95.0 cm³/mol. The minimum absolute atomic E-state index is 0.0685. The standard InChI is InChI=1S/C17H20FN3O6S/c1-11-17(12(2)27-21-11)28(24,25)20-8-7-16(23)26-10-15(22)19-9-13-3-5-14(18)6-4-13/h3-6,20H,7-10H2,1-2H3,(H,19,22). The van der Waals surface area contributed by atoms with Gasteiger partial charge in [0, 0.05) is 13.1 Å². The van der Waals surface area contributed by atoms with Crippen molar-refractivity contribution in [3.05, 3.63) is 47.1 Å². The van der Waals surface area contributed by atoms with Crippen LogP contribution in [0.15, 0.2) is 33.7 Å². The number of nitrogens with one attached hydrogen (secondary N) is 2. The summed E-state index contributed by atoms with van der Waals surface area (Å²) < 4.78 is 49.0. The maximum absolute atomic E-state index is 12.8. The first kappa shape index (κ1) is 21.5. The topological polar surface area (TPSA) is 128 Å². The van der Waals surface area contributed by atoms with Crippen molar-refractivity contribution in [3.63, 3.8) is 0 Å². The van der Waals surface area contributed by atoms with E-state index in [1.165, 1.54) is 38.1 Å². The normalized spacial score (nSPS) is 11.2. The van der Waals surface area contributed by atoms with E-state index >= 15 is 0 Å². The fourth-order valence-corrected chi connectivity index (χ4v) is 3.65. The number of nitrogens with zero attached hydrogens (tertiary/aromatic N) is 1. The minimum atomic E-state index is -3.87. The summed E-state index contributed by atoms with van der Waals surface area (Å²) in [4.78, 5) is 23.2. The van der Waals surface area contributed by atoms with Gasteiger partial charge in [0.05, 0.1) is 6.42 Å². The maximum atomic E-state index is 12.8. The molecule has 152 valence electrons. The number of halogens is 1. The zero-order valence-electron chi connectivity index (χ0n) is 15.3. The van der Waals surface area contributed by atoms with Gasteiger partial charge in [-0.2, -0.15) is 0 Å². The number of carbonyl (C=O) groups excluding carboxylic acids is 2. The molecular formula is C17H20FN3O6S. The van der Waals surface area contributed by atoms with Crippen LogP contribution in [0.4, 0.5) is 4.39 Å². The molecule has 0 spiro atoms. The molecule has 11 heteroatoms. The lowest BCUT2D eigenvalue weighted by atomic mass is 10.2. The SMILES string of the molecule is Cc1noc(C)c1S(=O)(=O)NCCC(=O)OCC(=O)NCc1ccc(F)cc1. The molecule has 0 radical (unpaired) electrons. The van der Waals surface area contributed by atoms with Gasteiger partial charge >= 0.3 is 5.97 Å². The van der Waals surface area contributed by atoms with Crippen LogP contribution in [0.25, 0.3) is 0 Å². The number of hydrogen-bond acceptors (Lipinski definition) is 7. The van der Waals surface area contributed by atoms with Crippen LogP contribution in [0.2, 0.25) is 0 Å². The van der Waals surface area contributed by atoms with Gasteiger partial charge in [-0.1, -0.05) is 17.3 Å². The van der Waals surface area contributed by atoms with Crippen LogP contribution in [0.3, 0.4) is 0 Å². The molecule has 1 aromatic carbocycles. The van der Waals surface area contributed by atoms with Gasteiger partial charge in [-0.3, -0.25) is 9.59 Å². The number of ether oxygens (including phenoxy) is 1. The zero-order valence-corrected chi connectivity index (χ0v) is 16.1. The van der Waals surface area contributed by atoms with E-state index in [0.717, 1.165) is 0 Å². The van der Waals surface area contributed by atoms with Crippen molar-refractivity contribution in [2.75, 3.05) is 13.2 Å². The van der Waals surface area contributed by atoms with Gasteiger partial charge in [0.1, 0.15) is 16.4 Å². The van der Waals surface area contributed by atoms with Gasteiger partial charge in [-0.25, -0.2) is 17.5 Å². The van der Waals surface area contributed by atoms with Gasteiger partial charge in [-0.05, 0) is 31.5 Å². The van der Waals surface area contributed by atoms with Crippen LogP contribution in [0, 0.1) is 19.7 Å². The smallest absolute Gasteiger partial charge is 0.307 e. The van der Waals surface area contributed by atoms with Gasteiger partial charge < -0.3 is 14.6 Å². The number of aryl methyl sites for hydroxylation is 2. The molecule has 0 bridgehead atoms. The molecule has 0 aliphatic heterocycles. The summed E-state index contributed by atoms with van der Waals surface area (Å²) in [6, 6.07) is 5.58. The second-order valence-corrected chi connectivity index (χ2v) is 7.57. The number of carbonyl (C=O) groups is 2. The molecule has 0 fully saturated rings. The fraction of sp³-hybridized carbons (Fsp3) is 0.353. The first-order valence-electron chi connectivity index (χ1n) is 8.28. The van der Waals surface area contributed by atoms with E-state index in [4.69, 9.17) is 9.26 Å². The predicted octanol–water partition coefficient (Wildman–Crippen LogP) is 0.959. The van der Waals surface area contributed by atoms with Crippen LogP contribution < -0.4 is 10.0 Å². The largest absolute Gasteiger partial charge is 0.456 e. The van der Waals surface area contributed by atoms with Crippen LogP contribution in [-0.4, -0.2) is 38.6 Å². The summed E-state index contributed by atoms with van der Waals surface area (Å²) in [7, 11) is -3.87. The van der Waals surface area contributed by atoms with Crippen molar-refractivity contribution in [2.45, 2.75) is 31.7 Å². The Kier molecular flexibility index (Phi) is 7.24. The Balaban J connectivity index is 1.69. The summed E-state index contributed by atoms with van der Waals surface area (Å²) in [5, 5.41) is 6.09. The Morgan fingerprint density at radius 2 is 1.89 bits per heavy atom. The van der Waals surface area contributed by atoms with Crippen LogP contribution in [0.5, 0.6) is 0 Å². The highest BCUT2D eigenvalue weighted by molar-refractivity contribution is 7.89. The number of esters is 1. The number of hydrogen-bond donors (Lipinski definition) is 2. The summed E-state index contributed by atoms with van der Waals surface area (Å²) in [5.74, 6) is -1.51. The molecule has 2 rings (SSSR count). The molecule has 2 aromatic rings. The number of rotatable bonds is 9. The third kappa shape index (κ3) is 6.13. The molecule has 2 N–H and O–H groups in total. The lowest BCUT2D eigenvalue weighted by Crippen LogP contribution is -2.30. The Morgan fingerprint density at radius 3 is 2.50 bits per heavy atom. The number of sulfonamides is 1. The van der Waals surface area contributed by atoms with Crippen molar-refractivity contribution < 1.29 is 31.7 Å². The minimum Gasteiger partial charge on any atom is -0.456 e. The molecule has 0 saturated heterocycles. The van der Waals surface area contributed by atoms with Crippen LogP contribution in [-0.2, 0) is 30.9 Å². The first-order chi connectivity index (χ1) is 13.2. The first-order valence-corrected chi connectivity index (χ1v) is 9.76. The quantitative estimate of drug-likeness (QED) is 0.586. The molecule has 1 amide bonds. The molecule has 28 heavy (non-hydrogen) atoms. The maximum Gasteiger partial charge on any atom is 0.307 e. The lowest BCUT2D eigenvalue weighted by molar-refractivity contribution is -0.148. The summed E-state index contributed by atoms with van der Waals surface area (Å²) in [5.41, 5.74) is 0.903. The highest BCUT2D eigenvalue weighted by Gasteiger charge is 2.24. The van der Waals surface area contributed by atoms with Crippen molar-refractivity contribution in [1.82, 2.24) is 15.2 Å². The summed E-state index contributed by atoms with van der Waals surface area (Å²) in [6.45, 7) is 2.41. The number of benzene rings is 1. The van der Waals surface area contributed by atoms with E-state index < -0.39 is 28.5 Å². The molecule has 0 unspecified atom stereocenters. The lowest BCUT2D eigenvalue weighted by Gasteiger charge is -2.08. The van der Waals surface area contributed by atoms with Crippen molar-refractivity contribution in [2.24, 2.45) is 0 Å². The summed E-state index contributed by atoms with van der Waals surface area (Å²) in [6.07, 6.45) is -0.256. The van der Waals surface area contributed by atoms with E-state index in [-0.39, 0.29) is 41.7 Å². The van der Waals surface area contributed by atoms with E-state index in [1.54, 1.807) is 0 Å². The van der Waals surface area contributed by atoms with Crippen molar-refractivity contribution >= 4 is 21.9 Å². The van der Waals surface area contributed by atoms with Crippen molar-refractivity contribution in [3.8, 4) is 0 Å². The average Bonchev–Trinajstić information content (AvgIpc) is 2.98. The van der Waals surface area contributed by atoms with Crippen LogP contribution in [0.1, 0.15) is 23.4 Å². The van der Waals surface area contributed by atoms with E-state index in [9.17, 15) is 22.4 Å². The van der Waals surface area contributed by atoms with Crippen LogP contribution >= 0.6 is 0 Å². The van der Waals surface area contributed by atoms with Crippen molar-refractivity contribution in [1.29, 1.82) is 0 Å². The molecule has 1 heterocycles. The van der Waals surface area contributed by atoms with E-state index in [1.807, 2.05) is 0 Å². The number of aromatic nitrogens is 1. The van der Waals surface area contributed by atoms with Gasteiger partial charge in [0.2, 0.25) is 10.0 Å². The number of amides is 1. The van der Waals surface area contributed by atoms with E-state index in [2.05, 4.69) is 15.2 Å². The third-order valence-corrected chi connectivity index (χ3v) is 5.33. The monoisotopic (exact) mass is 413 g/mol. The highest BCUT2D eigenvalue weighted by Crippen LogP contribution is 2.18. The Hall–Kier alpha value is -2.79. The zero-order chi connectivity index (χ0) is 20.7.